The van der Waals surface area contributed by atoms with Gasteiger partial charge in [0.1, 0.15) is 11.6 Å². The molecule has 0 aliphatic carbocycles. The lowest BCUT2D eigenvalue weighted by Gasteiger charge is -2.08. The molecule has 0 bridgehead atoms. The number of carbonyl (C=O) groups excluding carboxylic acids is 13. The van der Waals surface area contributed by atoms with Crippen LogP contribution in [0.2, 0.25) is 0 Å². The number of unbranched alkanes of at least 4 members (excludes halogenated alkanes) is 33. The molecule has 0 aromatic carbocycles. The van der Waals surface area contributed by atoms with Gasteiger partial charge in [-0.2, -0.15) is 0 Å². The minimum Gasteiger partial charge on any atom is -0.466 e. The maximum absolute atomic E-state index is 12.4. The van der Waals surface area contributed by atoms with Gasteiger partial charge in [0.05, 0.1) is 72.7 Å². The summed E-state index contributed by atoms with van der Waals surface area (Å²) in [6.45, 7) is 18.1. The third-order valence-corrected chi connectivity index (χ3v) is 23.9. The van der Waals surface area contributed by atoms with Crippen LogP contribution in [0.15, 0.2) is 0 Å². The Balaban J connectivity index is 3.31. The van der Waals surface area contributed by atoms with Gasteiger partial charge >= 0.3 is 65.7 Å². The van der Waals surface area contributed by atoms with Crippen LogP contribution in [-0.2, 0) is 162 Å². The van der Waals surface area contributed by atoms with E-state index >= 15 is 0 Å². The smallest absolute Gasteiger partial charge is 0.384 e. The molecular formula is C116H200O34. The fraction of sp³-hybridized carbons (Fsp3) is 0.853. The fourth-order valence-corrected chi connectivity index (χ4v) is 14.9. The molecule has 0 heterocycles. The Morgan fingerprint density at radius 1 is 0.113 bits per heavy atom. The highest BCUT2D eigenvalue weighted by atomic mass is 16.6. The Kier molecular flexibility index (Phi) is 112. The Labute approximate surface area is 900 Å². The number of Topliss-reactive ketones (excluding diaryl/α,β-unsaturated/α-hetero) is 2. The number of terminal acetylenes is 2. The lowest BCUT2D eigenvalue weighted by atomic mass is 10.1. The van der Waals surface area contributed by atoms with Crippen LogP contribution >= 0.6 is 0 Å². The van der Waals surface area contributed by atoms with Crippen molar-refractivity contribution in [3.05, 3.63) is 0 Å². The Hall–Kier alpha value is -7.77. The minimum atomic E-state index is -0.689. The van der Waals surface area contributed by atoms with Crippen molar-refractivity contribution in [1.29, 1.82) is 0 Å². The predicted octanol–water partition coefficient (Wildman–Crippen LogP) is 21.1. The number of ketones is 2. The molecule has 868 valence electrons. The molecule has 0 atom stereocenters. The number of esters is 11. The van der Waals surface area contributed by atoms with E-state index in [0.717, 1.165) is 343 Å². The second-order valence-corrected chi connectivity index (χ2v) is 37.9. The molecule has 34 heteroatoms. The largest absolute Gasteiger partial charge is 0.466 e. The highest BCUT2D eigenvalue weighted by Crippen LogP contribution is 2.17. The first-order valence-corrected chi connectivity index (χ1v) is 58.0. The van der Waals surface area contributed by atoms with Crippen molar-refractivity contribution in [2.75, 3.05) is 205 Å². The molecule has 0 N–H and O–H groups in total. The maximum Gasteiger partial charge on any atom is 0.384 e. The molecule has 0 rings (SSSR count). The van der Waals surface area contributed by atoms with Gasteiger partial charge in [-0.3, -0.25) is 52.7 Å². The molecule has 0 saturated heterocycles. The van der Waals surface area contributed by atoms with Crippen LogP contribution in [0.25, 0.3) is 0 Å². The van der Waals surface area contributed by atoms with Gasteiger partial charge in [0.2, 0.25) is 0 Å². The van der Waals surface area contributed by atoms with Crippen LogP contribution in [0.5, 0.6) is 0 Å². The van der Waals surface area contributed by atoms with Crippen LogP contribution in [0, 0.1) is 24.7 Å². The van der Waals surface area contributed by atoms with Crippen LogP contribution in [0.3, 0.4) is 0 Å². The summed E-state index contributed by atoms with van der Waals surface area (Å²) >= 11 is 0. The van der Waals surface area contributed by atoms with Crippen LogP contribution in [0.4, 0.5) is 0 Å². The van der Waals surface area contributed by atoms with Gasteiger partial charge in [-0.05, 0) is 353 Å². The van der Waals surface area contributed by atoms with E-state index in [9.17, 15) is 62.3 Å². The van der Waals surface area contributed by atoms with Gasteiger partial charge in [-0.1, -0.05) is 0 Å². The van der Waals surface area contributed by atoms with E-state index in [1.807, 2.05) is 11.8 Å². The van der Waals surface area contributed by atoms with Crippen molar-refractivity contribution >= 4 is 77.2 Å². The quantitative estimate of drug-likeness (QED) is 0.0179. The molecule has 150 heavy (non-hydrogen) atoms. The SMILES string of the molecule is C#CC(=O)OCCCCCC(=O)OCCCCCC(=O)OCCCCCC(=O)OCCCCCC(=O)OCCCCCC(=O)CCCCOCCCCOCCCCOCCCCOCCCCOCCCCOCCCCOCCCCOCCCCOCCCCOCCCCC(=O)CCCCCOC(=O)CCCCCOC(=O)CCCCCOC(=O)CCCCCOC(=O)CCCCCOC(=O)CCCCCOC(=O)C#C. The second-order valence-electron chi connectivity index (χ2n) is 37.9. The number of carbonyl (C=O) groups is 13. The van der Waals surface area contributed by atoms with Gasteiger partial charge in [0, 0.05) is 227 Å². The van der Waals surface area contributed by atoms with Gasteiger partial charge in [0.25, 0.3) is 0 Å². The molecule has 0 saturated carbocycles. The first-order valence-electron chi connectivity index (χ1n) is 58.0. The summed E-state index contributed by atoms with van der Waals surface area (Å²) in [4.78, 5) is 155. The monoisotopic (exact) mass is 2140 g/mol. The zero-order chi connectivity index (χ0) is 109. The number of hydrogen-bond acceptors (Lipinski definition) is 34. The second kappa shape index (κ2) is 118. The average molecular weight is 2140 g/mol. The van der Waals surface area contributed by atoms with Crippen LogP contribution in [-0.4, -0.2) is 282 Å². The fourth-order valence-electron chi connectivity index (χ4n) is 14.9. The molecule has 0 radical (unpaired) electrons. The molecule has 0 unspecified atom stereocenters. The molecule has 0 aromatic heterocycles. The van der Waals surface area contributed by atoms with E-state index in [1.54, 1.807) is 0 Å². The van der Waals surface area contributed by atoms with Gasteiger partial charge in [-0.15, -0.1) is 12.8 Å². The van der Waals surface area contributed by atoms with E-state index in [4.69, 9.17) is 112 Å². The Morgan fingerprint density at radius 2 is 0.207 bits per heavy atom. The molecule has 0 aliphatic rings. The van der Waals surface area contributed by atoms with Gasteiger partial charge in [-0.25, -0.2) is 9.59 Å². The first-order chi connectivity index (χ1) is 73.5. The topological polar surface area (TPSA) is 416 Å². The van der Waals surface area contributed by atoms with Gasteiger partial charge in [0.15, 0.2) is 0 Å². The van der Waals surface area contributed by atoms with E-state index in [2.05, 4.69) is 0 Å². The van der Waals surface area contributed by atoms with E-state index in [0.29, 0.717) is 285 Å². The molecule has 0 aliphatic heterocycles. The van der Waals surface area contributed by atoms with Crippen LogP contribution in [0.1, 0.15) is 437 Å². The van der Waals surface area contributed by atoms with Crippen molar-refractivity contribution in [2.45, 2.75) is 437 Å². The molecule has 0 spiro atoms. The molecule has 0 aromatic rings. The lowest BCUT2D eigenvalue weighted by Crippen LogP contribution is -2.08. The number of ether oxygens (including phenoxy) is 21. The summed E-state index contributed by atoms with van der Waals surface area (Å²) in [6, 6.07) is 0. The van der Waals surface area contributed by atoms with Gasteiger partial charge < -0.3 is 99.5 Å². The standard InChI is InChI=1S/C116H200O34/c1-3-106(119)140-93-31-7-18-64-110(123)144-97-35-11-22-68-114(127)148-101-37-13-24-70-112(125)146-99-33-9-20-66-108(121)142-95-29-5-16-60-104(117)62-27-40-73-130-75-42-44-77-132-79-46-48-81-134-83-50-52-85-136-87-54-56-89-138-91-58-59-92-139-90-57-55-88-137-86-53-51-84-135-82-49-47-80-133-78-45-43-76-131-74-41-28-63-105(118)61-17-6-30-96-143-109(122)67-21-10-34-100-147-113(126)71-25-14-38-103-150-116(129)72-26-15-39-102-149-115(128)69-23-12-36-98-145-111(124)65-19-8-32-94-141-107(120)4-2/h1-2H,5-103H2. The normalized spacial score (nSPS) is 11.1. The number of rotatable bonds is 121. The highest BCUT2D eigenvalue weighted by molar-refractivity contribution is 5.88. The lowest BCUT2D eigenvalue weighted by molar-refractivity contribution is -0.145. The summed E-state index contributed by atoms with van der Waals surface area (Å²) in [5.74, 6) is 0.557. The van der Waals surface area contributed by atoms with Crippen molar-refractivity contribution in [3.8, 4) is 24.7 Å². The van der Waals surface area contributed by atoms with Crippen molar-refractivity contribution < 1.29 is 162 Å². The van der Waals surface area contributed by atoms with E-state index < -0.39 is 11.9 Å². The average Bonchev–Trinajstić information content (AvgIpc) is 1.03. The summed E-state index contributed by atoms with van der Waals surface area (Å²) in [5, 5.41) is 0. The Morgan fingerprint density at radius 3 is 0.327 bits per heavy atom. The first kappa shape index (κ1) is 142. The van der Waals surface area contributed by atoms with E-state index in [1.165, 1.54) is 0 Å². The third kappa shape index (κ3) is 117. The predicted molar refractivity (Wildman–Crippen MR) is 570 cm³/mol. The third-order valence-electron chi connectivity index (χ3n) is 23.9. The zero-order valence-electron chi connectivity index (χ0n) is 92.5. The van der Waals surface area contributed by atoms with E-state index in [-0.39, 0.29) is 78.5 Å². The highest BCUT2D eigenvalue weighted by Gasteiger charge is 2.16. The van der Waals surface area contributed by atoms with Crippen LogP contribution < -0.4 is 0 Å². The summed E-state index contributed by atoms with van der Waals surface area (Å²) in [5.41, 5.74) is 0. The zero-order valence-corrected chi connectivity index (χ0v) is 92.5. The Bertz CT molecular complexity index is 3250. The van der Waals surface area contributed by atoms with Crippen molar-refractivity contribution in [1.82, 2.24) is 0 Å². The van der Waals surface area contributed by atoms with Crippen molar-refractivity contribution in [2.24, 2.45) is 0 Å². The molecular weight excluding hydrogens is 1940 g/mol. The molecule has 34 nitrogen and oxygen atoms in total. The maximum atomic E-state index is 12.4. The summed E-state index contributed by atoms with van der Waals surface area (Å²) in [6.07, 6.45) is 58.9. The minimum absolute atomic E-state index is 0.233. The summed E-state index contributed by atoms with van der Waals surface area (Å²) in [7, 11) is 0. The molecule has 0 fully saturated rings. The number of hydrogen-bond donors (Lipinski definition) is 0. The molecule has 0 amide bonds. The summed E-state index contributed by atoms with van der Waals surface area (Å²) < 4.78 is 115. The van der Waals surface area contributed by atoms with Crippen molar-refractivity contribution in [3.63, 3.8) is 0 Å².